The summed E-state index contributed by atoms with van der Waals surface area (Å²) in [5, 5.41) is 22.1. The molecule has 6 rings (SSSR count). The van der Waals surface area contributed by atoms with E-state index >= 15 is 0 Å². The molecular formula is C27H20N4O5. The number of hydrogen-bond donors (Lipinski definition) is 0. The lowest BCUT2D eigenvalue weighted by Crippen LogP contribution is -2.36. The molecule has 9 heteroatoms. The highest BCUT2D eigenvalue weighted by molar-refractivity contribution is 6.03. The smallest absolute Gasteiger partial charge is 0.271 e. The van der Waals surface area contributed by atoms with E-state index in [0.717, 1.165) is 11.3 Å². The van der Waals surface area contributed by atoms with Crippen molar-refractivity contribution in [2.24, 2.45) is 0 Å². The van der Waals surface area contributed by atoms with Gasteiger partial charge in [0.15, 0.2) is 17.3 Å². The minimum Gasteiger partial charge on any atom is -0.454 e. The van der Waals surface area contributed by atoms with Crippen molar-refractivity contribution in [2.45, 2.75) is 25.2 Å². The van der Waals surface area contributed by atoms with Gasteiger partial charge < -0.3 is 14.0 Å². The van der Waals surface area contributed by atoms with Gasteiger partial charge in [0, 0.05) is 42.2 Å². The molecular weight excluding hydrogens is 460 g/mol. The van der Waals surface area contributed by atoms with Crippen molar-refractivity contribution in [1.82, 2.24) is 4.57 Å². The maximum atomic E-state index is 13.5. The van der Waals surface area contributed by atoms with Crippen LogP contribution < -0.4 is 14.4 Å². The number of nitro benzene ring substituents is 1. The summed E-state index contributed by atoms with van der Waals surface area (Å²) in [6.45, 7) is 0.118. The Bertz CT molecular complexity index is 1510. The number of anilines is 1. The molecule has 0 amide bonds. The van der Waals surface area contributed by atoms with Gasteiger partial charge >= 0.3 is 0 Å². The fraction of sp³-hybridized carbons (Fsp3) is 0.185. The molecule has 36 heavy (non-hydrogen) atoms. The number of ketones is 1. The van der Waals surface area contributed by atoms with Crippen LogP contribution in [0.5, 0.6) is 11.5 Å². The van der Waals surface area contributed by atoms with E-state index in [1.165, 1.54) is 12.1 Å². The zero-order chi connectivity index (χ0) is 24.8. The Kier molecular flexibility index (Phi) is 5.08. The molecule has 0 radical (unpaired) electrons. The minimum atomic E-state index is -0.611. The summed E-state index contributed by atoms with van der Waals surface area (Å²) in [6, 6.07) is 17.8. The number of non-ortho nitro benzene ring substituents is 1. The predicted molar refractivity (Wildman–Crippen MR) is 130 cm³/mol. The van der Waals surface area contributed by atoms with Crippen molar-refractivity contribution < 1.29 is 19.2 Å². The molecule has 3 aromatic rings. The number of carbonyl (C=O) groups excluding carboxylic acids is 1. The van der Waals surface area contributed by atoms with Crippen LogP contribution in [0.4, 0.5) is 11.4 Å². The third-order valence-electron chi connectivity index (χ3n) is 6.73. The second kappa shape index (κ2) is 8.43. The lowest BCUT2D eigenvalue weighted by Gasteiger charge is -2.41. The van der Waals surface area contributed by atoms with Gasteiger partial charge in [0.25, 0.3) is 5.69 Å². The predicted octanol–water partition coefficient (Wildman–Crippen LogP) is 5.13. The van der Waals surface area contributed by atoms with Gasteiger partial charge in [-0.1, -0.05) is 12.1 Å². The van der Waals surface area contributed by atoms with Gasteiger partial charge in [-0.25, -0.2) is 0 Å². The van der Waals surface area contributed by atoms with E-state index in [9.17, 15) is 20.2 Å². The molecule has 2 aromatic carbocycles. The van der Waals surface area contributed by atoms with Crippen molar-refractivity contribution in [3.8, 4) is 17.6 Å². The fourth-order valence-electron chi connectivity index (χ4n) is 5.22. The van der Waals surface area contributed by atoms with E-state index in [0.29, 0.717) is 53.4 Å². The molecule has 0 unspecified atom stereocenters. The maximum absolute atomic E-state index is 13.5. The number of nitro groups is 1. The summed E-state index contributed by atoms with van der Waals surface area (Å²) < 4.78 is 12.9. The van der Waals surface area contributed by atoms with Crippen LogP contribution in [0, 0.1) is 21.4 Å². The summed E-state index contributed by atoms with van der Waals surface area (Å²) in [5.41, 5.74) is 2.86. The third kappa shape index (κ3) is 3.34. The standard InChI is InChI=1S/C27H20N4O5/c28-15-20-25(17-9-10-23-24(13-17)36-16-35-23)26-21(7-4-8-22(26)32)30(27(20)29-11-1-2-12-29)18-5-3-6-19(14-18)31(33)34/h1-3,5-6,9-14,25H,4,7-8,16H2/t25-/m1/s1. The number of Topliss-reactive ketones (excluding diaryl/α,β-unsaturated/α-hetero) is 1. The summed E-state index contributed by atoms with van der Waals surface area (Å²) in [5.74, 6) is 1.08. The fourth-order valence-corrected chi connectivity index (χ4v) is 5.22. The first-order valence-corrected chi connectivity index (χ1v) is 11.5. The topological polar surface area (TPSA) is 111 Å². The zero-order valence-corrected chi connectivity index (χ0v) is 19.1. The molecule has 0 spiro atoms. The number of rotatable bonds is 4. The molecule has 0 fully saturated rings. The molecule has 0 bridgehead atoms. The highest BCUT2D eigenvalue weighted by atomic mass is 16.7. The van der Waals surface area contributed by atoms with E-state index < -0.39 is 10.8 Å². The number of fused-ring (bicyclic) bond motifs is 1. The first-order valence-electron chi connectivity index (χ1n) is 11.5. The highest BCUT2D eigenvalue weighted by Gasteiger charge is 2.42. The van der Waals surface area contributed by atoms with E-state index in [2.05, 4.69) is 6.07 Å². The number of aromatic nitrogens is 1. The molecule has 0 saturated heterocycles. The number of ether oxygens (including phenoxy) is 2. The van der Waals surface area contributed by atoms with Crippen LogP contribution in [-0.4, -0.2) is 22.1 Å². The molecule has 3 heterocycles. The lowest BCUT2D eigenvalue weighted by atomic mass is 9.75. The van der Waals surface area contributed by atoms with Gasteiger partial charge in [0.1, 0.15) is 5.82 Å². The number of carbonyl (C=O) groups is 1. The van der Waals surface area contributed by atoms with Gasteiger partial charge in [-0.2, -0.15) is 5.26 Å². The van der Waals surface area contributed by atoms with Gasteiger partial charge in [0.2, 0.25) is 6.79 Å². The molecule has 2 aliphatic heterocycles. The average Bonchev–Trinajstić information content (AvgIpc) is 3.59. The average molecular weight is 480 g/mol. The van der Waals surface area contributed by atoms with Crippen molar-refractivity contribution in [3.63, 3.8) is 0 Å². The molecule has 9 nitrogen and oxygen atoms in total. The number of nitrogens with zero attached hydrogens (tertiary/aromatic N) is 4. The Morgan fingerprint density at radius 1 is 1.03 bits per heavy atom. The van der Waals surface area contributed by atoms with Crippen LogP contribution in [0.3, 0.4) is 0 Å². The normalized spacial score (nSPS) is 18.8. The molecule has 1 aromatic heterocycles. The van der Waals surface area contributed by atoms with E-state index in [4.69, 9.17) is 9.47 Å². The Labute approximate surface area is 206 Å². The van der Waals surface area contributed by atoms with Gasteiger partial charge in [-0.15, -0.1) is 0 Å². The molecule has 1 aliphatic carbocycles. The van der Waals surface area contributed by atoms with Crippen molar-refractivity contribution >= 4 is 23.0 Å². The third-order valence-corrected chi connectivity index (χ3v) is 6.73. The van der Waals surface area contributed by atoms with Gasteiger partial charge in [0.05, 0.1) is 28.2 Å². The van der Waals surface area contributed by atoms with E-state index in [1.807, 2.05) is 46.1 Å². The number of benzene rings is 2. The second-order valence-electron chi connectivity index (χ2n) is 8.73. The van der Waals surface area contributed by atoms with E-state index in [-0.39, 0.29) is 18.3 Å². The van der Waals surface area contributed by atoms with Crippen LogP contribution in [-0.2, 0) is 4.79 Å². The lowest BCUT2D eigenvalue weighted by molar-refractivity contribution is -0.384. The first kappa shape index (κ1) is 21.7. The quantitative estimate of drug-likeness (QED) is 0.376. The molecule has 0 saturated carbocycles. The van der Waals surface area contributed by atoms with Crippen molar-refractivity contribution in [1.29, 1.82) is 5.26 Å². The summed E-state index contributed by atoms with van der Waals surface area (Å²) >= 11 is 0. The summed E-state index contributed by atoms with van der Waals surface area (Å²) in [4.78, 5) is 26.4. The largest absolute Gasteiger partial charge is 0.454 e. The van der Waals surface area contributed by atoms with Crippen LogP contribution in [0.25, 0.3) is 5.82 Å². The summed E-state index contributed by atoms with van der Waals surface area (Å²) in [7, 11) is 0. The monoisotopic (exact) mass is 480 g/mol. The maximum Gasteiger partial charge on any atom is 0.271 e. The molecule has 0 N–H and O–H groups in total. The number of nitriles is 1. The Hall–Kier alpha value is -4.84. The van der Waals surface area contributed by atoms with Gasteiger partial charge in [-0.05, 0) is 48.7 Å². The highest BCUT2D eigenvalue weighted by Crippen LogP contribution is 2.50. The molecule has 178 valence electrons. The minimum absolute atomic E-state index is 0.0337. The van der Waals surface area contributed by atoms with Crippen LogP contribution in [0.2, 0.25) is 0 Å². The van der Waals surface area contributed by atoms with Crippen LogP contribution in [0.15, 0.2) is 83.8 Å². The Balaban J connectivity index is 1.64. The second-order valence-corrected chi connectivity index (χ2v) is 8.73. The number of allylic oxidation sites excluding steroid dienone is 3. The van der Waals surface area contributed by atoms with Gasteiger partial charge in [-0.3, -0.25) is 19.8 Å². The van der Waals surface area contributed by atoms with Crippen LogP contribution in [0.1, 0.15) is 30.7 Å². The zero-order valence-electron chi connectivity index (χ0n) is 19.1. The van der Waals surface area contributed by atoms with Crippen LogP contribution >= 0.6 is 0 Å². The Morgan fingerprint density at radius 3 is 2.61 bits per heavy atom. The Morgan fingerprint density at radius 2 is 1.83 bits per heavy atom. The van der Waals surface area contributed by atoms with E-state index in [1.54, 1.807) is 18.2 Å². The first-order chi connectivity index (χ1) is 17.6. The SMILES string of the molecule is N#CC1=C(n2cccc2)N(c2cccc([N+](=O)[O-])c2)C2=C(C(=O)CCC2)[C@@H]1c1ccc2c(c1)OCO2. The number of hydrogen-bond acceptors (Lipinski definition) is 7. The van der Waals surface area contributed by atoms with Crippen molar-refractivity contribution in [2.75, 3.05) is 11.7 Å². The molecule has 1 atom stereocenters. The molecule has 3 aliphatic rings. The van der Waals surface area contributed by atoms with Crippen molar-refractivity contribution in [3.05, 3.63) is 99.5 Å². The summed E-state index contributed by atoms with van der Waals surface area (Å²) in [6.07, 6.45) is 5.26.